The van der Waals surface area contributed by atoms with E-state index >= 15 is 0 Å². The summed E-state index contributed by atoms with van der Waals surface area (Å²) in [4.78, 5) is 19.3. The minimum atomic E-state index is -0.0477. The molecular weight excluding hydrogens is 312 g/mol. The van der Waals surface area contributed by atoms with E-state index in [9.17, 15) is 10.1 Å². The highest BCUT2D eigenvalue weighted by Crippen LogP contribution is 2.27. The number of likely N-dealkylation sites (tertiary alicyclic amines) is 1. The Labute approximate surface area is 148 Å². The van der Waals surface area contributed by atoms with Gasteiger partial charge in [0.05, 0.1) is 17.2 Å². The maximum absolute atomic E-state index is 12.9. The Morgan fingerprint density at radius 2 is 2.24 bits per heavy atom. The fourth-order valence-electron chi connectivity index (χ4n) is 3.51. The Balaban J connectivity index is 1.76. The third kappa shape index (κ3) is 3.74. The van der Waals surface area contributed by atoms with Gasteiger partial charge in [-0.25, -0.2) is 4.98 Å². The van der Waals surface area contributed by atoms with Gasteiger partial charge >= 0.3 is 0 Å². The van der Waals surface area contributed by atoms with Crippen LogP contribution in [0.4, 0.5) is 0 Å². The van der Waals surface area contributed by atoms with Gasteiger partial charge in [-0.15, -0.1) is 0 Å². The van der Waals surface area contributed by atoms with E-state index in [0.717, 1.165) is 44.6 Å². The number of carbonyl (C=O) groups excluding carboxylic acids is 1. The Kier molecular flexibility index (Phi) is 5.49. The van der Waals surface area contributed by atoms with Crippen LogP contribution in [-0.2, 0) is 6.54 Å². The maximum atomic E-state index is 12.9. The van der Waals surface area contributed by atoms with Crippen molar-refractivity contribution in [1.29, 1.82) is 5.26 Å². The maximum Gasteiger partial charge on any atom is 0.255 e. The summed E-state index contributed by atoms with van der Waals surface area (Å²) < 4.78 is 2.23. The number of imidazole rings is 1. The summed E-state index contributed by atoms with van der Waals surface area (Å²) in [5.74, 6) is 1.30. The number of carbonyl (C=O) groups is 1. The highest BCUT2D eigenvalue weighted by Gasteiger charge is 2.28. The SMILES string of the molecule is CCCCn1ccnc1[C@H]1CCCN(C(=O)c2ccccc2C#N)C1. The summed E-state index contributed by atoms with van der Waals surface area (Å²) in [5, 5.41) is 9.25. The van der Waals surface area contributed by atoms with Gasteiger partial charge in [0.2, 0.25) is 0 Å². The molecule has 1 atom stereocenters. The zero-order valence-corrected chi connectivity index (χ0v) is 14.7. The van der Waals surface area contributed by atoms with Crippen LogP contribution in [0.5, 0.6) is 0 Å². The van der Waals surface area contributed by atoms with Crippen molar-refractivity contribution in [3.63, 3.8) is 0 Å². The molecule has 1 aromatic heterocycles. The Hall–Kier alpha value is -2.61. The summed E-state index contributed by atoms with van der Waals surface area (Å²) in [6.07, 6.45) is 8.19. The molecule has 25 heavy (non-hydrogen) atoms. The van der Waals surface area contributed by atoms with Gasteiger partial charge < -0.3 is 9.47 Å². The van der Waals surface area contributed by atoms with Gasteiger partial charge in [-0.1, -0.05) is 25.5 Å². The zero-order chi connectivity index (χ0) is 17.6. The number of benzene rings is 1. The second-order valence-corrected chi connectivity index (χ2v) is 6.58. The van der Waals surface area contributed by atoms with Gasteiger partial charge in [-0.3, -0.25) is 4.79 Å². The molecule has 2 aromatic rings. The minimum Gasteiger partial charge on any atom is -0.338 e. The Bertz CT molecular complexity index is 774. The van der Waals surface area contributed by atoms with Gasteiger partial charge in [0.25, 0.3) is 5.91 Å². The number of nitrogens with zero attached hydrogens (tertiary/aromatic N) is 4. The highest BCUT2D eigenvalue weighted by atomic mass is 16.2. The largest absolute Gasteiger partial charge is 0.338 e. The van der Waals surface area contributed by atoms with Crippen LogP contribution in [0, 0.1) is 11.3 Å². The molecule has 2 heterocycles. The smallest absolute Gasteiger partial charge is 0.255 e. The molecule has 1 amide bonds. The van der Waals surface area contributed by atoms with Crippen molar-refractivity contribution in [3.05, 3.63) is 53.6 Å². The van der Waals surface area contributed by atoms with E-state index in [4.69, 9.17) is 0 Å². The summed E-state index contributed by atoms with van der Waals surface area (Å²) >= 11 is 0. The van der Waals surface area contributed by atoms with Crippen LogP contribution in [0.25, 0.3) is 0 Å². The van der Waals surface area contributed by atoms with Crippen LogP contribution in [0.2, 0.25) is 0 Å². The van der Waals surface area contributed by atoms with E-state index in [1.165, 1.54) is 0 Å². The van der Waals surface area contributed by atoms with E-state index in [1.54, 1.807) is 18.2 Å². The molecule has 1 aromatic carbocycles. The van der Waals surface area contributed by atoms with E-state index in [0.29, 0.717) is 17.7 Å². The number of hydrogen-bond acceptors (Lipinski definition) is 3. The van der Waals surface area contributed by atoms with Crippen LogP contribution >= 0.6 is 0 Å². The van der Waals surface area contributed by atoms with Crippen molar-refractivity contribution < 1.29 is 4.79 Å². The number of rotatable bonds is 5. The minimum absolute atomic E-state index is 0.0477. The van der Waals surface area contributed by atoms with E-state index in [-0.39, 0.29) is 11.8 Å². The fourth-order valence-corrected chi connectivity index (χ4v) is 3.51. The average molecular weight is 336 g/mol. The lowest BCUT2D eigenvalue weighted by Gasteiger charge is -2.33. The molecule has 5 heteroatoms. The molecule has 0 aliphatic carbocycles. The van der Waals surface area contributed by atoms with Crippen molar-refractivity contribution in [1.82, 2.24) is 14.5 Å². The molecule has 130 valence electrons. The van der Waals surface area contributed by atoms with Gasteiger partial charge in [-0.2, -0.15) is 5.26 Å². The second-order valence-electron chi connectivity index (χ2n) is 6.58. The van der Waals surface area contributed by atoms with Crippen molar-refractivity contribution in [3.8, 4) is 6.07 Å². The molecule has 1 aliphatic heterocycles. The monoisotopic (exact) mass is 336 g/mol. The summed E-state index contributed by atoms with van der Waals surface area (Å²) in [6, 6.07) is 9.17. The number of unbranched alkanes of at least 4 members (excludes halogenated alkanes) is 1. The van der Waals surface area contributed by atoms with Crippen LogP contribution in [0.3, 0.4) is 0 Å². The number of amides is 1. The first-order valence-electron chi connectivity index (χ1n) is 9.04. The van der Waals surface area contributed by atoms with Crippen molar-refractivity contribution in [2.24, 2.45) is 0 Å². The number of hydrogen-bond donors (Lipinski definition) is 0. The molecule has 3 rings (SSSR count). The standard InChI is InChI=1S/C20H24N4O/c1-2-3-11-23-13-10-22-19(23)17-8-6-12-24(15-17)20(25)18-9-5-4-7-16(18)14-21/h4-5,7,9-10,13,17H,2-3,6,8,11-12,15H2,1H3/t17-/m0/s1. The molecule has 1 aliphatic rings. The second kappa shape index (κ2) is 7.98. The molecular formula is C20H24N4O. The molecule has 0 radical (unpaired) electrons. The molecule has 0 spiro atoms. The van der Waals surface area contributed by atoms with Crippen molar-refractivity contribution >= 4 is 5.91 Å². The number of nitriles is 1. The lowest BCUT2D eigenvalue weighted by molar-refractivity contribution is 0.0703. The van der Waals surface area contributed by atoms with Gasteiger partial charge in [0.1, 0.15) is 5.82 Å². The van der Waals surface area contributed by atoms with Gasteiger partial charge in [0.15, 0.2) is 0 Å². The molecule has 1 fully saturated rings. The van der Waals surface area contributed by atoms with E-state index < -0.39 is 0 Å². The number of aromatic nitrogens is 2. The molecule has 0 N–H and O–H groups in total. The molecule has 1 saturated heterocycles. The lowest BCUT2D eigenvalue weighted by atomic mass is 9.96. The van der Waals surface area contributed by atoms with Crippen LogP contribution < -0.4 is 0 Å². The topological polar surface area (TPSA) is 61.9 Å². The van der Waals surface area contributed by atoms with Crippen molar-refractivity contribution in [2.75, 3.05) is 13.1 Å². The van der Waals surface area contributed by atoms with Gasteiger partial charge in [-0.05, 0) is 31.4 Å². The third-order valence-corrected chi connectivity index (χ3v) is 4.85. The Morgan fingerprint density at radius 1 is 1.40 bits per heavy atom. The van der Waals surface area contributed by atoms with Crippen LogP contribution in [0.15, 0.2) is 36.7 Å². The van der Waals surface area contributed by atoms with Crippen LogP contribution in [0.1, 0.15) is 60.3 Å². The summed E-state index contributed by atoms with van der Waals surface area (Å²) in [5.41, 5.74) is 0.944. The lowest BCUT2D eigenvalue weighted by Crippen LogP contribution is -2.40. The summed E-state index contributed by atoms with van der Waals surface area (Å²) in [6.45, 7) is 4.57. The summed E-state index contributed by atoms with van der Waals surface area (Å²) in [7, 11) is 0. The normalized spacial score (nSPS) is 17.3. The molecule has 5 nitrogen and oxygen atoms in total. The third-order valence-electron chi connectivity index (χ3n) is 4.85. The van der Waals surface area contributed by atoms with Gasteiger partial charge in [0, 0.05) is 37.9 Å². The quantitative estimate of drug-likeness (QED) is 0.838. The van der Waals surface area contributed by atoms with E-state index in [2.05, 4.69) is 22.5 Å². The molecule has 0 bridgehead atoms. The van der Waals surface area contributed by atoms with Crippen molar-refractivity contribution in [2.45, 2.75) is 45.1 Å². The number of aryl methyl sites for hydroxylation is 1. The predicted octanol–water partition coefficient (Wildman–Crippen LogP) is 3.57. The van der Waals surface area contributed by atoms with E-state index in [1.807, 2.05) is 23.4 Å². The Morgan fingerprint density at radius 3 is 3.04 bits per heavy atom. The first-order chi connectivity index (χ1) is 12.2. The number of piperidine rings is 1. The highest BCUT2D eigenvalue weighted by molar-refractivity contribution is 5.96. The first-order valence-corrected chi connectivity index (χ1v) is 9.04. The average Bonchev–Trinajstić information content (AvgIpc) is 3.14. The van der Waals surface area contributed by atoms with Crippen LogP contribution in [-0.4, -0.2) is 33.4 Å². The first kappa shape index (κ1) is 17.2. The molecule has 0 unspecified atom stereocenters. The molecule has 0 saturated carbocycles. The fraction of sp³-hybridized carbons (Fsp3) is 0.450. The predicted molar refractivity (Wildman–Crippen MR) is 96.2 cm³/mol. The zero-order valence-electron chi connectivity index (χ0n) is 14.7.